The summed E-state index contributed by atoms with van der Waals surface area (Å²) in [5.41, 5.74) is 5.65. The highest BCUT2D eigenvalue weighted by Crippen LogP contribution is 2.28. The molecule has 37 heavy (non-hydrogen) atoms. The number of hydrazone groups is 1. The number of nitrogens with one attached hydrogen (secondary N) is 1. The predicted octanol–water partition coefficient (Wildman–Crippen LogP) is 5.63. The Labute approximate surface area is 231 Å². The number of ether oxygens (including phenoxy) is 1. The van der Waals surface area contributed by atoms with Crippen molar-refractivity contribution in [2.24, 2.45) is 5.10 Å². The van der Waals surface area contributed by atoms with E-state index in [0.717, 1.165) is 55.3 Å². The minimum absolute atomic E-state index is 0.0838. The number of phenols is 1. The Balaban J connectivity index is 1.24. The highest BCUT2D eigenvalue weighted by atomic mass is 35.5. The zero-order valence-electron chi connectivity index (χ0n) is 20.3. The summed E-state index contributed by atoms with van der Waals surface area (Å²) in [5.74, 6) is 0.260. The smallest absolute Gasteiger partial charge is 0.271 e. The number of amides is 1. The van der Waals surface area contributed by atoms with Gasteiger partial charge in [-0.2, -0.15) is 5.10 Å². The first-order chi connectivity index (χ1) is 17.8. The second-order valence-electron chi connectivity index (χ2n) is 8.67. The summed E-state index contributed by atoms with van der Waals surface area (Å²) < 4.78 is 6.07. The molecular weight excluding hydrogens is 535 g/mol. The molecular formula is C27H27Cl3N4O3. The molecule has 0 unspecified atom stereocenters. The largest absolute Gasteiger partial charge is 0.506 e. The molecule has 3 aromatic rings. The third-order valence-electron chi connectivity index (χ3n) is 6.11. The van der Waals surface area contributed by atoms with Gasteiger partial charge in [0.25, 0.3) is 5.91 Å². The lowest BCUT2D eigenvalue weighted by Crippen LogP contribution is -2.47. The number of aromatic hydroxyl groups is 1. The van der Waals surface area contributed by atoms with Crippen molar-refractivity contribution in [3.8, 4) is 11.5 Å². The lowest BCUT2D eigenvalue weighted by molar-refractivity contribution is 0.0955. The van der Waals surface area contributed by atoms with Gasteiger partial charge in [-0.25, -0.2) is 5.43 Å². The van der Waals surface area contributed by atoms with Gasteiger partial charge >= 0.3 is 0 Å². The van der Waals surface area contributed by atoms with E-state index < -0.39 is 5.91 Å². The number of carbonyl (C=O) groups excluding carboxylic acids is 1. The number of hydrogen-bond donors (Lipinski definition) is 2. The van der Waals surface area contributed by atoms with Crippen molar-refractivity contribution in [1.82, 2.24) is 10.3 Å². The van der Waals surface area contributed by atoms with Crippen LogP contribution in [0.4, 0.5) is 5.69 Å². The molecule has 7 nitrogen and oxygen atoms in total. The molecule has 1 amide bonds. The second-order valence-corrected chi connectivity index (χ2v) is 9.89. The maximum atomic E-state index is 12.2. The van der Waals surface area contributed by atoms with E-state index in [1.54, 1.807) is 6.21 Å². The van der Waals surface area contributed by atoms with Gasteiger partial charge in [-0.1, -0.05) is 46.9 Å². The molecule has 1 heterocycles. The zero-order chi connectivity index (χ0) is 26.4. The Kier molecular flexibility index (Phi) is 9.16. The van der Waals surface area contributed by atoms with E-state index in [1.807, 2.05) is 43.3 Å². The molecule has 1 fully saturated rings. The number of piperazine rings is 1. The highest BCUT2D eigenvalue weighted by Gasteiger charge is 2.18. The standard InChI is InChI=1S/C27H27Cl3N4O3/c1-18-2-3-19(17-31-32-27(36)20-4-7-25(35)24(30)15-20)14-26(18)37-13-12-33-8-10-34(11-9-33)21-5-6-22(28)23(29)16-21/h2-7,14-17,35H,8-13H2,1H3,(H,32,36)/b31-17+. The van der Waals surface area contributed by atoms with E-state index in [0.29, 0.717) is 22.2 Å². The van der Waals surface area contributed by atoms with E-state index in [9.17, 15) is 9.90 Å². The van der Waals surface area contributed by atoms with Crippen LogP contribution >= 0.6 is 34.8 Å². The summed E-state index contributed by atoms with van der Waals surface area (Å²) in [7, 11) is 0. The van der Waals surface area contributed by atoms with Crippen LogP contribution in [0.5, 0.6) is 11.5 Å². The van der Waals surface area contributed by atoms with Gasteiger partial charge in [-0.15, -0.1) is 0 Å². The van der Waals surface area contributed by atoms with Crippen molar-refractivity contribution in [3.05, 3.63) is 86.4 Å². The molecule has 1 aliphatic rings. The zero-order valence-corrected chi connectivity index (χ0v) is 22.5. The van der Waals surface area contributed by atoms with Crippen LogP contribution in [-0.4, -0.2) is 61.5 Å². The minimum Gasteiger partial charge on any atom is -0.506 e. The molecule has 0 aromatic heterocycles. The lowest BCUT2D eigenvalue weighted by atomic mass is 10.1. The number of carbonyl (C=O) groups is 1. The summed E-state index contributed by atoms with van der Waals surface area (Å²) in [6.07, 6.45) is 1.55. The average molecular weight is 562 g/mol. The van der Waals surface area contributed by atoms with E-state index in [1.165, 1.54) is 18.2 Å². The first-order valence-corrected chi connectivity index (χ1v) is 12.9. The highest BCUT2D eigenvalue weighted by molar-refractivity contribution is 6.42. The maximum absolute atomic E-state index is 12.2. The van der Waals surface area contributed by atoms with E-state index in [4.69, 9.17) is 39.5 Å². The molecule has 194 valence electrons. The van der Waals surface area contributed by atoms with Crippen molar-refractivity contribution in [2.45, 2.75) is 6.92 Å². The fraction of sp³-hybridized carbons (Fsp3) is 0.259. The second kappa shape index (κ2) is 12.5. The molecule has 10 heteroatoms. The van der Waals surface area contributed by atoms with Crippen molar-refractivity contribution >= 4 is 52.6 Å². The van der Waals surface area contributed by atoms with Gasteiger partial charge < -0.3 is 14.7 Å². The van der Waals surface area contributed by atoms with Crippen LogP contribution in [0, 0.1) is 6.92 Å². The topological polar surface area (TPSA) is 77.4 Å². The SMILES string of the molecule is Cc1ccc(/C=N/NC(=O)c2ccc(O)c(Cl)c2)cc1OCCN1CCN(c2ccc(Cl)c(Cl)c2)CC1. The fourth-order valence-corrected chi connectivity index (χ4v) is 4.40. The Morgan fingerprint density at radius 3 is 2.51 bits per heavy atom. The normalized spacial score (nSPS) is 14.2. The third-order valence-corrected chi connectivity index (χ3v) is 7.15. The first kappa shape index (κ1) is 27.1. The molecule has 0 aliphatic carbocycles. The number of benzene rings is 3. The summed E-state index contributed by atoms with van der Waals surface area (Å²) in [6.45, 7) is 7.05. The van der Waals surface area contributed by atoms with Gasteiger partial charge in [0, 0.05) is 44.0 Å². The van der Waals surface area contributed by atoms with Gasteiger partial charge in [0.2, 0.25) is 0 Å². The number of halogens is 3. The van der Waals surface area contributed by atoms with Gasteiger partial charge in [0.05, 0.1) is 21.3 Å². The monoisotopic (exact) mass is 560 g/mol. The van der Waals surface area contributed by atoms with Crippen LogP contribution in [0.15, 0.2) is 59.7 Å². The fourth-order valence-electron chi connectivity index (χ4n) is 3.93. The summed E-state index contributed by atoms with van der Waals surface area (Å²) in [4.78, 5) is 16.9. The number of anilines is 1. The van der Waals surface area contributed by atoms with Crippen molar-refractivity contribution in [2.75, 3.05) is 44.2 Å². The van der Waals surface area contributed by atoms with Crippen LogP contribution < -0.4 is 15.1 Å². The molecule has 0 radical (unpaired) electrons. The van der Waals surface area contributed by atoms with Crippen LogP contribution in [-0.2, 0) is 0 Å². The average Bonchev–Trinajstić information content (AvgIpc) is 2.89. The van der Waals surface area contributed by atoms with Gasteiger partial charge in [-0.05, 0) is 60.5 Å². The molecule has 1 saturated heterocycles. The van der Waals surface area contributed by atoms with Gasteiger partial charge in [0.1, 0.15) is 18.1 Å². The predicted molar refractivity (Wildman–Crippen MR) is 150 cm³/mol. The Morgan fingerprint density at radius 1 is 1.00 bits per heavy atom. The maximum Gasteiger partial charge on any atom is 0.271 e. The summed E-state index contributed by atoms with van der Waals surface area (Å²) in [6, 6.07) is 15.7. The number of aryl methyl sites for hydroxylation is 1. The molecule has 1 aliphatic heterocycles. The summed E-state index contributed by atoms with van der Waals surface area (Å²) >= 11 is 18.1. The van der Waals surface area contributed by atoms with Gasteiger partial charge in [0.15, 0.2) is 0 Å². The summed E-state index contributed by atoms with van der Waals surface area (Å²) in [5, 5.41) is 14.7. The number of nitrogens with zero attached hydrogens (tertiary/aromatic N) is 3. The van der Waals surface area contributed by atoms with Crippen molar-refractivity contribution in [3.63, 3.8) is 0 Å². The van der Waals surface area contributed by atoms with E-state index in [2.05, 4.69) is 20.3 Å². The third kappa shape index (κ3) is 7.29. The lowest BCUT2D eigenvalue weighted by Gasteiger charge is -2.36. The Bertz CT molecular complexity index is 1290. The molecule has 0 atom stereocenters. The first-order valence-electron chi connectivity index (χ1n) is 11.8. The Morgan fingerprint density at radius 2 is 1.78 bits per heavy atom. The quantitative estimate of drug-likeness (QED) is 0.276. The van der Waals surface area contributed by atoms with Crippen LogP contribution in [0.1, 0.15) is 21.5 Å². The number of phenolic OH excluding ortho intramolecular Hbond substituents is 1. The number of hydrogen-bond acceptors (Lipinski definition) is 6. The van der Waals surface area contributed by atoms with Crippen LogP contribution in [0.2, 0.25) is 15.1 Å². The molecule has 0 saturated carbocycles. The van der Waals surface area contributed by atoms with Crippen molar-refractivity contribution < 1.29 is 14.6 Å². The van der Waals surface area contributed by atoms with Gasteiger partial charge in [-0.3, -0.25) is 9.69 Å². The molecule has 2 N–H and O–H groups in total. The molecule has 0 bridgehead atoms. The van der Waals surface area contributed by atoms with E-state index >= 15 is 0 Å². The molecule has 3 aromatic carbocycles. The van der Waals surface area contributed by atoms with Crippen LogP contribution in [0.25, 0.3) is 0 Å². The molecule has 4 rings (SSSR count). The number of rotatable bonds is 8. The molecule has 0 spiro atoms. The van der Waals surface area contributed by atoms with Crippen molar-refractivity contribution in [1.29, 1.82) is 0 Å². The van der Waals surface area contributed by atoms with Crippen LogP contribution in [0.3, 0.4) is 0 Å². The van der Waals surface area contributed by atoms with E-state index in [-0.39, 0.29) is 10.8 Å². The Hall–Kier alpha value is -2.97. The minimum atomic E-state index is -0.430.